The maximum Gasteiger partial charge on any atom is 0.242 e. The summed E-state index contributed by atoms with van der Waals surface area (Å²) in [5, 5.41) is 9.09. The van der Waals surface area contributed by atoms with Gasteiger partial charge < -0.3 is 14.7 Å². The van der Waals surface area contributed by atoms with Gasteiger partial charge in [0.2, 0.25) is 5.91 Å². The third-order valence-electron chi connectivity index (χ3n) is 2.45. The molecule has 1 heterocycles. The van der Waals surface area contributed by atoms with Gasteiger partial charge in [0, 0.05) is 0 Å². The van der Waals surface area contributed by atoms with E-state index in [0.29, 0.717) is 18.0 Å². The van der Waals surface area contributed by atoms with E-state index in [1.165, 1.54) is 0 Å². The zero-order valence-corrected chi connectivity index (χ0v) is 9.35. The summed E-state index contributed by atoms with van der Waals surface area (Å²) in [6.07, 6.45) is -0.387. The highest BCUT2D eigenvalue weighted by atomic mass is 35.5. The number of rotatable bonds is 2. The van der Waals surface area contributed by atoms with Gasteiger partial charge in [0.15, 0.2) is 0 Å². The number of hydrogen-bond donors (Lipinski definition) is 1. The van der Waals surface area contributed by atoms with Gasteiger partial charge in [0.25, 0.3) is 0 Å². The lowest BCUT2D eigenvalue weighted by molar-refractivity contribution is -0.116. The molecular formula is C11H12ClNO3. The van der Waals surface area contributed by atoms with Crippen LogP contribution in [0.2, 0.25) is 0 Å². The SMILES string of the molecule is O=C(CCl)N1CC(CO)Oc2ccccc21. The number of nitrogens with zero attached hydrogens (tertiary/aromatic N) is 1. The summed E-state index contributed by atoms with van der Waals surface area (Å²) >= 11 is 5.55. The highest BCUT2D eigenvalue weighted by Gasteiger charge is 2.28. The van der Waals surface area contributed by atoms with Gasteiger partial charge in [-0.3, -0.25) is 4.79 Å². The van der Waals surface area contributed by atoms with Crippen molar-refractivity contribution in [1.82, 2.24) is 0 Å². The van der Waals surface area contributed by atoms with E-state index in [1.54, 1.807) is 17.0 Å². The number of aliphatic hydroxyl groups excluding tert-OH is 1. The second-order valence-corrected chi connectivity index (χ2v) is 3.80. The summed E-state index contributed by atoms with van der Waals surface area (Å²) in [6.45, 7) is 0.208. The Bertz CT molecular complexity index is 397. The first-order chi connectivity index (χ1) is 7.76. The fourth-order valence-corrected chi connectivity index (χ4v) is 1.85. The van der Waals surface area contributed by atoms with Gasteiger partial charge in [0.05, 0.1) is 18.8 Å². The molecule has 0 saturated heterocycles. The van der Waals surface area contributed by atoms with Gasteiger partial charge in [-0.05, 0) is 12.1 Å². The molecule has 0 saturated carbocycles. The second-order valence-electron chi connectivity index (χ2n) is 3.53. The average Bonchev–Trinajstić information content (AvgIpc) is 2.36. The van der Waals surface area contributed by atoms with E-state index in [9.17, 15) is 4.79 Å². The number of hydrogen-bond acceptors (Lipinski definition) is 3. The van der Waals surface area contributed by atoms with E-state index >= 15 is 0 Å². The van der Waals surface area contributed by atoms with Crippen molar-refractivity contribution in [2.45, 2.75) is 6.10 Å². The Morgan fingerprint density at radius 3 is 3.00 bits per heavy atom. The third-order valence-corrected chi connectivity index (χ3v) is 2.68. The molecule has 5 heteroatoms. The minimum atomic E-state index is -0.387. The first-order valence-electron chi connectivity index (χ1n) is 4.99. The summed E-state index contributed by atoms with van der Waals surface area (Å²) in [6, 6.07) is 7.22. The van der Waals surface area contributed by atoms with E-state index in [-0.39, 0.29) is 24.5 Å². The predicted octanol–water partition coefficient (Wildman–Crippen LogP) is 1.01. The van der Waals surface area contributed by atoms with Gasteiger partial charge in [-0.15, -0.1) is 11.6 Å². The number of amides is 1. The lowest BCUT2D eigenvalue weighted by atomic mass is 10.2. The lowest BCUT2D eigenvalue weighted by Gasteiger charge is -2.33. The third kappa shape index (κ3) is 1.99. The quantitative estimate of drug-likeness (QED) is 0.787. The number of aliphatic hydroxyl groups is 1. The summed E-state index contributed by atoms with van der Waals surface area (Å²) in [5.74, 6) is 0.342. The van der Waals surface area contributed by atoms with Gasteiger partial charge >= 0.3 is 0 Å². The van der Waals surface area contributed by atoms with Crippen LogP contribution in [0.5, 0.6) is 5.75 Å². The molecule has 0 aliphatic carbocycles. The van der Waals surface area contributed by atoms with Crippen LogP contribution in [0.1, 0.15) is 0 Å². The number of carbonyl (C=O) groups is 1. The highest BCUT2D eigenvalue weighted by molar-refractivity contribution is 6.29. The molecule has 1 atom stereocenters. The molecule has 1 N–H and O–H groups in total. The summed E-state index contributed by atoms with van der Waals surface area (Å²) in [4.78, 5) is 13.2. The van der Waals surface area contributed by atoms with Crippen LogP contribution in [-0.4, -0.2) is 36.1 Å². The Balaban J connectivity index is 2.35. The topological polar surface area (TPSA) is 49.8 Å². The molecule has 1 aromatic carbocycles. The molecule has 0 spiro atoms. The Hall–Kier alpha value is -1.26. The standard InChI is InChI=1S/C11H12ClNO3/c12-5-11(15)13-6-8(7-14)16-10-4-2-1-3-9(10)13/h1-4,8,14H,5-7H2. The van der Waals surface area contributed by atoms with Crippen molar-refractivity contribution < 1.29 is 14.6 Å². The Labute approximate surface area is 98.4 Å². The maximum atomic E-state index is 11.6. The Morgan fingerprint density at radius 2 is 2.31 bits per heavy atom. The second kappa shape index (κ2) is 4.72. The number of carbonyl (C=O) groups excluding carboxylic acids is 1. The minimum absolute atomic E-state index is 0.0769. The molecule has 0 fully saturated rings. The van der Waals surface area contributed by atoms with Crippen molar-refractivity contribution in [2.24, 2.45) is 0 Å². The van der Waals surface area contributed by atoms with Crippen LogP contribution >= 0.6 is 11.6 Å². The number of alkyl halides is 1. The molecule has 1 amide bonds. The number of anilines is 1. The van der Waals surface area contributed by atoms with Crippen molar-refractivity contribution >= 4 is 23.2 Å². The molecule has 1 aliphatic rings. The summed E-state index contributed by atoms with van der Waals surface area (Å²) in [7, 11) is 0. The van der Waals surface area contributed by atoms with Gasteiger partial charge in [-0.25, -0.2) is 0 Å². The van der Waals surface area contributed by atoms with Crippen molar-refractivity contribution in [3.05, 3.63) is 24.3 Å². The molecule has 4 nitrogen and oxygen atoms in total. The number of ether oxygens (including phenoxy) is 1. The van der Waals surface area contributed by atoms with Crippen LogP contribution in [0.25, 0.3) is 0 Å². The largest absolute Gasteiger partial charge is 0.484 e. The van der Waals surface area contributed by atoms with Crippen molar-refractivity contribution in [3.63, 3.8) is 0 Å². The molecule has 0 radical (unpaired) electrons. The van der Waals surface area contributed by atoms with Crippen LogP contribution in [0, 0.1) is 0 Å². The normalized spacial score (nSPS) is 18.9. The van der Waals surface area contributed by atoms with Gasteiger partial charge in [-0.1, -0.05) is 12.1 Å². The maximum absolute atomic E-state index is 11.6. The molecule has 1 aliphatic heterocycles. The zero-order chi connectivity index (χ0) is 11.5. The summed E-state index contributed by atoms with van der Waals surface area (Å²) in [5.41, 5.74) is 0.706. The Kier molecular flexibility index (Phi) is 3.31. The van der Waals surface area contributed by atoms with Crippen LogP contribution in [0.15, 0.2) is 24.3 Å². The molecule has 16 heavy (non-hydrogen) atoms. The molecular weight excluding hydrogens is 230 g/mol. The fourth-order valence-electron chi connectivity index (χ4n) is 1.70. The molecule has 2 rings (SSSR count). The summed E-state index contributed by atoms with van der Waals surface area (Å²) < 4.78 is 5.52. The van der Waals surface area contributed by atoms with Crippen molar-refractivity contribution in [3.8, 4) is 5.75 Å². The van der Waals surface area contributed by atoms with E-state index in [0.717, 1.165) is 0 Å². The zero-order valence-electron chi connectivity index (χ0n) is 8.60. The smallest absolute Gasteiger partial charge is 0.242 e. The van der Waals surface area contributed by atoms with E-state index in [2.05, 4.69) is 0 Å². The molecule has 86 valence electrons. The lowest BCUT2D eigenvalue weighted by Crippen LogP contribution is -2.45. The fraction of sp³-hybridized carbons (Fsp3) is 0.364. The van der Waals surface area contributed by atoms with E-state index in [1.807, 2.05) is 12.1 Å². The molecule has 1 aromatic rings. The van der Waals surface area contributed by atoms with Crippen LogP contribution in [-0.2, 0) is 4.79 Å². The number of fused-ring (bicyclic) bond motifs is 1. The van der Waals surface area contributed by atoms with Crippen LogP contribution in [0.3, 0.4) is 0 Å². The average molecular weight is 242 g/mol. The molecule has 0 aromatic heterocycles. The van der Waals surface area contributed by atoms with Crippen LogP contribution < -0.4 is 9.64 Å². The highest BCUT2D eigenvalue weighted by Crippen LogP contribution is 2.32. The monoisotopic (exact) mass is 241 g/mol. The van der Waals surface area contributed by atoms with Gasteiger partial charge in [0.1, 0.15) is 17.7 Å². The van der Waals surface area contributed by atoms with E-state index < -0.39 is 0 Å². The first-order valence-corrected chi connectivity index (χ1v) is 5.52. The first kappa shape index (κ1) is 11.2. The van der Waals surface area contributed by atoms with Gasteiger partial charge in [-0.2, -0.15) is 0 Å². The van der Waals surface area contributed by atoms with Crippen molar-refractivity contribution in [2.75, 3.05) is 23.9 Å². The minimum Gasteiger partial charge on any atom is -0.484 e. The number of halogens is 1. The molecule has 0 bridgehead atoms. The van der Waals surface area contributed by atoms with E-state index in [4.69, 9.17) is 21.4 Å². The van der Waals surface area contributed by atoms with Crippen molar-refractivity contribution in [1.29, 1.82) is 0 Å². The Morgan fingerprint density at radius 1 is 1.56 bits per heavy atom. The number of benzene rings is 1. The molecule has 1 unspecified atom stereocenters. The van der Waals surface area contributed by atoms with Crippen LogP contribution in [0.4, 0.5) is 5.69 Å². The predicted molar refractivity (Wildman–Crippen MR) is 61.0 cm³/mol. The number of para-hydroxylation sites is 2.